The Morgan fingerprint density at radius 2 is 1.95 bits per heavy atom. The average Bonchev–Trinajstić information content (AvgIpc) is 2.44. The second-order valence-electron chi connectivity index (χ2n) is 4.65. The number of hydrogen-bond acceptors (Lipinski definition) is 4. The third-order valence-corrected chi connectivity index (χ3v) is 4.87. The number of ketones is 1. The van der Waals surface area contributed by atoms with Crippen molar-refractivity contribution in [3.05, 3.63) is 37.0 Å². The van der Waals surface area contributed by atoms with Crippen LogP contribution in [0.2, 0.25) is 0 Å². The molecule has 0 bridgehead atoms. The van der Waals surface area contributed by atoms with Gasteiger partial charge < -0.3 is 9.05 Å². The monoisotopic (exact) mass is 300 g/mol. The highest BCUT2D eigenvalue weighted by Crippen LogP contribution is 2.46. The maximum absolute atomic E-state index is 11.9. The molecular weight excluding hydrogens is 275 g/mol. The van der Waals surface area contributed by atoms with Crippen LogP contribution in [0.25, 0.3) is 0 Å². The second-order valence-corrected chi connectivity index (χ2v) is 6.92. The molecule has 20 heavy (non-hydrogen) atoms. The van der Waals surface area contributed by atoms with Gasteiger partial charge in [0.2, 0.25) is 0 Å². The highest BCUT2D eigenvalue weighted by atomic mass is 31.2. The topological polar surface area (TPSA) is 52.6 Å². The first kappa shape index (κ1) is 19.0. The summed E-state index contributed by atoms with van der Waals surface area (Å²) in [6.07, 6.45) is 7.69. The standard InChI is InChI=1S/C15H25O4P/c1-6-7-9-13(2)10-8-11-14(3)15(16)12-20(17,18-4)19-5/h6-7,9,14H,1-2,8,10-12H2,3-5H3/b9-7-. The van der Waals surface area contributed by atoms with Crippen LogP contribution in [0.3, 0.4) is 0 Å². The molecular formula is C15H25O4P. The van der Waals surface area contributed by atoms with Gasteiger partial charge in [-0.3, -0.25) is 9.36 Å². The first-order chi connectivity index (χ1) is 9.38. The van der Waals surface area contributed by atoms with E-state index in [2.05, 4.69) is 13.2 Å². The van der Waals surface area contributed by atoms with Crippen LogP contribution < -0.4 is 0 Å². The lowest BCUT2D eigenvalue weighted by atomic mass is 9.98. The Bertz CT molecular complexity index is 404. The molecule has 0 aliphatic rings. The molecule has 0 aliphatic heterocycles. The van der Waals surface area contributed by atoms with Crippen molar-refractivity contribution in [2.45, 2.75) is 26.2 Å². The van der Waals surface area contributed by atoms with Gasteiger partial charge in [-0.2, -0.15) is 0 Å². The molecule has 0 aromatic carbocycles. The molecule has 0 radical (unpaired) electrons. The van der Waals surface area contributed by atoms with Gasteiger partial charge >= 0.3 is 7.60 Å². The Balaban J connectivity index is 4.15. The molecule has 0 aliphatic carbocycles. The summed E-state index contributed by atoms with van der Waals surface area (Å²) in [6.45, 7) is 9.34. The van der Waals surface area contributed by atoms with Crippen LogP contribution in [-0.2, 0) is 18.4 Å². The van der Waals surface area contributed by atoms with Crippen molar-refractivity contribution in [2.75, 3.05) is 20.4 Å². The third-order valence-electron chi connectivity index (χ3n) is 3.06. The minimum absolute atomic E-state index is 0.0933. The average molecular weight is 300 g/mol. The van der Waals surface area contributed by atoms with Crippen LogP contribution in [0.1, 0.15) is 26.2 Å². The maximum atomic E-state index is 11.9. The lowest BCUT2D eigenvalue weighted by molar-refractivity contribution is -0.120. The zero-order chi connectivity index (χ0) is 15.6. The molecule has 4 nitrogen and oxygen atoms in total. The van der Waals surface area contributed by atoms with E-state index in [9.17, 15) is 9.36 Å². The molecule has 114 valence electrons. The van der Waals surface area contributed by atoms with Crippen molar-refractivity contribution in [2.24, 2.45) is 5.92 Å². The van der Waals surface area contributed by atoms with E-state index >= 15 is 0 Å². The van der Waals surface area contributed by atoms with Gasteiger partial charge in [-0.25, -0.2) is 0 Å². The largest absolute Gasteiger partial charge is 0.337 e. The van der Waals surface area contributed by atoms with Gasteiger partial charge in [0.1, 0.15) is 11.9 Å². The molecule has 1 unspecified atom stereocenters. The fourth-order valence-corrected chi connectivity index (χ4v) is 2.73. The Hall–Kier alpha value is -0.960. The molecule has 1 atom stereocenters. The van der Waals surface area contributed by atoms with Crippen molar-refractivity contribution in [1.82, 2.24) is 0 Å². The summed E-state index contributed by atoms with van der Waals surface area (Å²) in [4.78, 5) is 11.9. The van der Waals surface area contributed by atoms with E-state index in [1.165, 1.54) is 14.2 Å². The summed E-state index contributed by atoms with van der Waals surface area (Å²) in [5.74, 6) is -0.255. The molecule has 0 rings (SSSR count). The molecule has 0 saturated heterocycles. The van der Waals surface area contributed by atoms with Crippen LogP contribution in [0.5, 0.6) is 0 Å². The number of carbonyl (C=O) groups is 1. The molecule has 0 aromatic rings. The zero-order valence-corrected chi connectivity index (χ0v) is 13.5. The van der Waals surface area contributed by atoms with E-state index in [0.717, 1.165) is 24.8 Å². The zero-order valence-electron chi connectivity index (χ0n) is 12.6. The number of hydrogen-bond donors (Lipinski definition) is 0. The summed E-state index contributed by atoms with van der Waals surface area (Å²) in [7, 11) is -0.667. The van der Waals surface area contributed by atoms with Gasteiger partial charge in [-0.15, -0.1) is 0 Å². The Labute approximate surface area is 122 Å². The second kappa shape index (κ2) is 9.87. The predicted octanol–water partition coefficient (Wildman–Crippen LogP) is 4.15. The van der Waals surface area contributed by atoms with Crippen LogP contribution in [0.4, 0.5) is 0 Å². The van der Waals surface area contributed by atoms with Crippen molar-refractivity contribution < 1.29 is 18.4 Å². The number of carbonyl (C=O) groups excluding carboxylic acids is 1. The smallest absolute Gasteiger partial charge is 0.312 e. The van der Waals surface area contributed by atoms with E-state index in [1.54, 1.807) is 6.08 Å². The molecule has 0 fully saturated rings. The number of Topliss-reactive ketones (excluding diaryl/α,β-unsaturated/α-hetero) is 1. The van der Waals surface area contributed by atoms with Crippen molar-refractivity contribution >= 4 is 13.4 Å². The molecule has 0 amide bonds. The highest BCUT2D eigenvalue weighted by molar-refractivity contribution is 7.54. The summed E-state index contributed by atoms with van der Waals surface area (Å²) < 4.78 is 21.4. The Morgan fingerprint density at radius 3 is 2.45 bits per heavy atom. The summed E-state index contributed by atoms with van der Waals surface area (Å²) in [6, 6.07) is 0. The van der Waals surface area contributed by atoms with Gasteiger partial charge in [-0.1, -0.05) is 43.9 Å². The van der Waals surface area contributed by atoms with Gasteiger partial charge in [-0.05, 0) is 19.3 Å². The number of allylic oxidation sites excluding steroid dienone is 4. The summed E-state index contributed by atoms with van der Waals surface area (Å²) >= 11 is 0. The third kappa shape index (κ3) is 7.59. The maximum Gasteiger partial charge on any atom is 0.337 e. The van der Waals surface area contributed by atoms with Crippen molar-refractivity contribution in [3.8, 4) is 0 Å². The first-order valence-electron chi connectivity index (χ1n) is 6.58. The summed E-state index contributed by atoms with van der Waals surface area (Å²) in [5.41, 5.74) is 1.00. The fraction of sp³-hybridized carbons (Fsp3) is 0.533. The Kier molecular flexibility index (Phi) is 9.39. The quantitative estimate of drug-likeness (QED) is 0.425. The fourth-order valence-electron chi connectivity index (χ4n) is 1.63. The predicted molar refractivity (Wildman–Crippen MR) is 83.0 cm³/mol. The van der Waals surface area contributed by atoms with Gasteiger partial charge in [0.05, 0.1) is 0 Å². The van der Waals surface area contributed by atoms with Crippen LogP contribution in [-0.4, -0.2) is 26.2 Å². The highest BCUT2D eigenvalue weighted by Gasteiger charge is 2.27. The van der Waals surface area contributed by atoms with Crippen LogP contribution in [0.15, 0.2) is 37.0 Å². The van der Waals surface area contributed by atoms with Crippen LogP contribution >= 0.6 is 7.60 Å². The summed E-state index contributed by atoms with van der Waals surface area (Å²) in [5, 5.41) is 0. The van der Waals surface area contributed by atoms with Crippen molar-refractivity contribution in [1.29, 1.82) is 0 Å². The minimum Gasteiger partial charge on any atom is -0.312 e. The first-order valence-corrected chi connectivity index (χ1v) is 8.31. The molecule has 0 heterocycles. The molecule has 0 N–H and O–H groups in total. The lowest BCUT2D eigenvalue weighted by Crippen LogP contribution is -2.16. The number of rotatable bonds is 11. The van der Waals surface area contributed by atoms with E-state index in [4.69, 9.17) is 9.05 Å². The van der Waals surface area contributed by atoms with E-state index in [0.29, 0.717) is 0 Å². The molecule has 0 aromatic heterocycles. The lowest BCUT2D eigenvalue weighted by Gasteiger charge is -2.15. The van der Waals surface area contributed by atoms with E-state index < -0.39 is 7.60 Å². The van der Waals surface area contributed by atoms with Crippen molar-refractivity contribution in [3.63, 3.8) is 0 Å². The molecule has 0 saturated carbocycles. The van der Waals surface area contributed by atoms with Gasteiger partial charge in [0.25, 0.3) is 0 Å². The van der Waals surface area contributed by atoms with Crippen LogP contribution in [0, 0.1) is 5.92 Å². The van der Waals surface area contributed by atoms with Gasteiger partial charge in [0.15, 0.2) is 0 Å². The van der Waals surface area contributed by atoms with Gasteiger partial charge in [0, 0.05) is 20.1 Å². The Morgan fingerprint density at radius 1 is 1.35 bits per heavy atom. The normalized spacial score (nSPS) is 13.3. The minimum atomic E-state index is -3.25. The molecule has 5 heteroatoms. The van der Waals surface area contributed by atoms with E-state index in [-0.39, 0.29) is 17.9 Å². The van der Waals surface area contributed by atoms with E-state index in [1.807, 2.05) is 19.1 Å². The molecule has 0 spiro atoms. The SMILES string of the molecule is C=C/C=C\C(=C)CCCC(C)C(=O)CP(=O)(OC)OC.